The van der Waals surface area contributed by atoms with Crippen LogP contribution in [0.25, 0.3) is 0 Å². The molecule has 1 aliphatic heterocycles. The Balaban J connectivity index is 1.86. The molecule has 9 heteroatoms. The van der Waals surface area contributed by atoms with Crippen molar-refractivity contribution in [1.29, 1.82) is 0 Å². The molecule has 2 N–H and O–H groups in total. The minimum Gasteiger partial charge on any atom is -0.384 e. The van der Waals surface area contributed by atoms with Gasteiger partial charge in [-0.25, -0.2) is 4.68 Å². The monoisotopic (exact) mass is 361 g/mol. The molecule has 2 atom stereocenters. The van der Waals surface area contributed by atoms with Gasteiger partial charge in [-0.1, -0.05) is 0 Å². The maximum atomic E-state index is 13.1. The van der Waals surface area contributed by atoms with Crippen LogP contribution in [0.4, 0.5) is 5.82 Å². The van der Waals surface area contributed by atoms with Crippen LogP contribution >= 0.6 is 0 Å². The molecule has 2 aromatic rings. The van der Waals surface area contributed by atoms with E-state index in [-0.39, 0.29) is 24.6 Å². The fraction of sp³-hybridized carbons (Fsp3) is 0.588. The van der Waals surface area contributed by atoms with Gasteiger partial charge < -0.3 is 20.3 Å². The predicted octanol–water partition coefficient (Wildman–Crippen LogP) is 0.0375. The summed E-state index contributed by atoms with van der Waals surface area (Å²) in [5, 5.41) is 8.58. The first kappa shape index (κ1) is 18.4. The number of likely N-dealkylation sites (N-methyl/N-ethyl adjacent to an activating group) is 1. The Morgan fingerprint density at radius 3 is 2.81 bits per heavy atom. The van der Waals surface area contributed by atoms with Gasteiger partial charge in [0.25, 0.3) is 0 Å². The molecule has 1 saturated heterocycles. The third kappa shape index (κ3) is 3.88. The van der Waals surface area contributed by atoms with Crippen molar-refractivity contribution in [3.8, 4) is 0 Å². The van der Waals surface area contributed by atoms with Crippen molar-refractivity contribution in [2.24, 2.45) is 7.05 Å². The average molecular weight is 361 g/mol. The zero-order valence-corrected chi connectivity index (χ0v) is 15.8. The summed E-state index contributed by atoms with van der Waals surface area (Å²) in [4.78, 5) is 17.0. The molecule has 2 aromatic heterocycles. The van der Waals surface area contributed by atoms with Crippen LogP contribution in [0.3, 0.4) is 0 Å². The molecule has 0 aromatic carbocycles. The fourth-order valence-corrected chi connectivity index (χ4v) is 3.42. The van der Waals surface area contributed by atoms with E-state index in [1.807, 2.05) is 39.2 Å². The molecule has 1 fully saturated rings. The van der Waals surface area contributed by atoms with Crippen LogP contribution in [-0.2, 0) is 23.1 Å². The van der Waals surface area contributed by atoms with Crippen molar-refractivity contribution in [2.75, 3.05) is 39.5 Å². The van der Waals surface area contributed by atoms with Gasteiger partial charge >= 0.3 is 0 Å². The maximum absolute atomic E-state index is 13.1. The highest BCUT2D eigenvalue weighted by atomic mass is 16.5. The van der Waals surface area contributed by atoms with E-state index in [2.05, 4.69) is 15.1 Å². The number of carbonyl (C=O) groups excluding carboxylic acids is 1. The van der Waals surface area contributed by atoms with Crippen molar-refractivity contribution >= 4 is 11.7 Å². The summed E-state index contributed by atoms with van der Waals surface area (Å²) in [5.74, 6) is 0.465. The molecule has 142 valence electrons. The topological polar surface area (TPSA) is 94.4 Å². The second-order valence-electron chi connectivity index (χ2n) is 7.02. The third-order valence-corrected chi connectivity index (χ3v) is 4.50. The first-order valence-corrected chi connectivity index (χ1v) is 8.69. The number of anilines is 1. The molecular weight excluding hydrogens is 334 g/mol. The van der Waals surface area contributed by atoms with E-state index in [9.17, 15) is 4.79 Å². The lowest BCUT2D eigenvalue weighted by Crippen LogP contribution is -2.51. The van der Waals surface area contributed by atoms with E-state index in [1.54, 1.807) is 21.6 Å². The van der Waals surface area contributed by atoms with Crippen molar-refractivity contribution in [1.82, 2.24) is 29.4 Å². The first-order valence-electron chi connectivity index (χ1n) is 8.69. The quantitative estimate of drug-likeness (QED) is 0.808. The standard InChI is InChI=1S/C17H27N7O2/c1-12-7-15(18)24(20-12)11-16(25)23-5-6-26-14(10-21(2)3)17(23)13-8-19-22(4)9-13/h7-9,14,17H,5-6,10-11,18H2,1-4H3/t14-,17-/m0/s1. The van der Waals surface area contributed by atoms with Gasteiger partial charge in [-0.05, 0) is 21.0 Å². The molecule has 0 unspecified atom stereocenters. The zero-order chi connectivity index (χ0) is 18.8. The Hall–Kier alpha value is -2.39. The molecule has 9 nitrogen and oxygen atoms in total. The Labute approximate surface area is 153 Å². The molecule has 0 saturated carbocycles. The Morgan fingerprint density at radius 2 is 2.23 bits per heavy atom. The molecule has 1 amide bonds. The normalized spacial score (nSPS) is 20.7. The molecule has 0 bridgehead atoms. The first-order chi connectivity index (χ1) is 12.3. The molecule has 3 heterocycles. The maximum Gasteiger partial charge on any atom is 0.245 e. The molecule has 0 radical (unpaired) electrons. The van der Waals surface area contributed by atoms with Gasteiger partial charge in [-0.3, -0.25) is 9.48 Å². The van der Waals surface area contributed by atoms with Crippen LogP contribution in [0.5, 0.6) is 0 Å². The van der Waals surface area contributed by atoms with Gasteiger partial charge in [0.2, 0.25) is 5.91 Å². The Bertz CT molecular complexity index is 767. The van der Waals surface area contributed by atoms with Crippen molar-refractivity contribution in [3.05, 3.63) is 29.7 Å². The van der Waals surface area contributed by atoms with Gasteiger partial charge in [-0.15, -0.1) is 0 Å². The molecule has 26 heavy (non-hydrogen) atoms. The number of amides is 1. The molecule has 0 aliphatic carbocycles. The Kier molecular flexibility index (Phi) is 5.28. The number of nitrogen functional groups attached to an aromatic ring is 1. The van der Waals surface area contributed by atoms with E-state index in [0.717, 1.165) is 11.3 Å². The Morgan fingerprint density at radius 1 is 1.46 bits per heavy atom. The van der Waals surface area contributed by atoms with E-state index in [1.165, 1.54) is 0 Å². The second-order valence-corrected chi connectivity index (χ2v) is 7.02. The van der Waals surface area contributed by atoms with Gasteiger partial charge in [0.15, 0.2) is 0 Å². The highest BCUT2D eigenvalue weighted by Crippen LogP contribution is 2.30. The molecule has 1 aliphatic rings. The minimum absolute atomic E-state index is 0.0271. The number of hydrogen-bond donors (Lipinski definition) is 1. The van der Waals surface area contributed by atoms with Crippen molar-refractivity contribution in [2.45, 2.75) is 25.6 Å². The van der Waals surface area contributed by atoms with Crippen LogP contribution in [0, 0.1) is 6.92 Å². The highest BCUT2D eigenvalue weighted by Gasteiger charge is 2.37. The van der Waals surface area contributed by atoms with E-state index in [4.69, 9.17) is 10.5 Å². The predicted molar refractivity (Wildman–Crippen MR) is 97.3 cm³/mol. The number of morpholine rings is 1. The van der Waals surface area contributed by atoms with Crippen LogP contribution in [0.15, 0.2) is 18.5 Å². The van der Waals surface area contributed by atoms with Gasteiger partial charge in [0, 0.05) is 38.0 Å². The minimum atomic E-state index is -0.190. The summed E-state index contributed by atoms with van der Waals surface area (Å²) in [7, 11) is 5.86. The summed E-state index contributed by atoms with van der Waals surface area (Å²) in [6.45, 7) is 3.73. The van der Waals surface area contributed by atoms with E-state index < -0.39 is 0 Å². The SMILES string of the molecule is Cc1cc(N)n(CC(=O)N2CCO[C@@H](CN(C)C)[C@@H]2c2cnn(C)c2)n1. The zero-order valence-electron chi connectivity index (χ0n) is 15.8. The average Bonchev–Trinajstić information content (AvgIpc) is 3.12. The number of nitrogens with two attached hydrogens (primary N) is 1. The van der Waals surface area contributed by atoms with Crippen LogP contribution < -0.4 is 5.73 Å². The lowest BCUT2D eigenvalue weighted by molar-refractivity contribution is -0.148. The number of nitrogens with zero attached hydrogens (tertiary/aromatic N) is 6. The second kappa shape index (κ2) is 7.46. The highest BCUT2D eigenvalue weighted by molar-refractivity contribution is 5.77. The summed E-state index contributed by atoms with van der Waals surface area (Å²) < 4.78 is 9.30. The number of carbonyl (C=O) groups is 1. The summed E-state index contributed by atoms with van der Waals surface area (Å²) >= 11 is 0. The summed E-state index contributed by atoms with van der Waals surface area (Å²) in [6, 6.07) is 1.57. The fourth-order valence-electron chi connectivity index (χ4n) is 3.42. The van der Waals surface area contributed by atoms with Gasteiger partial charge in [-0.2, -0.15) is 10.2 Å². The van der Waals surface area contributed by atoms with Crippen molar-refractivity contribution < 1.29 is 9.53 Å². The van der Waals surface area contributed by atoms with Gasteiger partial charge in [0.1, 0.15) is 12.4 Å². The lowest BCUT2D eigenvalue weighted by Gasteiger charge is -2.41. The summed E-state index contributed by atoms with van der Waals surface area (Å²) in [6.07, 6.45) is 3.62. The molecular formula is C17H27N7O2. The van der Waals surface area contributed by atoms with Crippen LogP contribution in [0.1, 0.15) is 17.3 Å². The van der Waals surface area contributed by atoms with Crippen LogP contribution in [-0.4, -0.2) is 75.2 Å². The lowest BCUT2D eigenvalue weighted by atomic mass is 10.0. The van der Waals surface area contributed by atoms with Gasteiger partial charge in [0.05, 0.1) is 30.6 Å². The van der Waals surface area contributed by atoms with E-state index in [0.29, 0.717) is 25.5 Å². The third-order valence-electron chi connectivity index (χ3n) is 4.50. The number of aryl methyl sites for hydroxylation is 2. The molecule has 0 spiro atoms. The number of hydrogen-bond acceptors (Lipinski definition) is 6. The van der Waals surface area contributed by atoms with E-state index >= 15 is 0 Å². The van der Waals surface area contributed by atoms with Crippen LogP contribution in [0.2, 0.25) is 0 Å². The number of aromatic nitrogens is 4. The number of rotatable bonds is 5. The summed E-state index contributed by atoms with van der Waals surface area (Å²) in [5.41, 5.74) is 7.71. The smallest absolute Gasteiger partial charge is 0.245 e. The largest absolute Gasteiger partial charge is 0.384 e. The van der Waals surface area contributed by atoms with Crippen molar-refractivity contribution in [3.63, 3.8) is 0 Å². The molecule has 3 rings (SSSR count). The number of ether oxygens (including phenoxy) is 1.